The number of benzene rings is 1. The van der Waals surface area contributed by atoms with Crippen molar-refractivity contribution >= 4 is 35.1 Å². The Morgan fingerprint density at radius 2 is 1.84 bits per heavy atom. The Labute approximate surface area is 243 Å². The SMILES string of the molecule is CNC(=O)C1=C(O)C2=NC=C(Cc3ccc(F)cc3)C3OC(C(=O)NCC(C)(C)NC(=O)c4nnc(C)o4)=C[N+](=C23)C1=O. The average molecular weight is 593 g/mol. The van der Waals surface area contributed by atoms with Crippen molar-refractivity contribution in [1.29, 1.82) is 0 Å². The first-order chi connectivity index (χ1) is 20.4. The number of allylic oxidation sites excluding steroid dienone is 1. The van der Waals surface area contributed by atoms with E-state index in [1.807, 2.05) is 0 Å². The second-order valence-corrected chi connectivity index (χ2v) is 10.5. The van der Waals surface area contributed by atoms with Crippen molar-refractivity contribution in [3.05, 3.63) is 82.5 Å². The number of aromatic nitrogens is 2. The van der Waals surface area contributed by atoms with Gasteiger partial charge in [0.25, 0.3) is 23.3 Å². The highest BCUT2D eigenvalue weighted by Crippen LogP contribution is 2.30. The minimum Gasteiger partial charge on any atom is -0.504 e. The minimum atomic E-state index is -1.06. The molecule has 0 bridgehead atoms. The van der Waals surface area contributed by atoms with Gasteiger partial charge < -0.3 is 30.2 Å². The summed E-state index contributed by atoms with van der Waals surface area (Å²) in [6.07, 6.45) is 1.68. The van der Waals surface area contributed by atoms with Gasteiger partial charge in [0.05, 0.1) is 5.54 Å². The maximum Gasteiger partial charge on any atom is 0.434 e. The van der Waals surface area contributed by atoms with Gasteiger partial charge in [-0.15, -0.1) is 14.8 Å². The molecule has 0 radical (unpaired) electrons. The molecule has 1 aromatic carbocycles. The Morgan fingerprint density at radius 3 is 2.49 bits per heavy atom. The first-order valence-corrected chi connectivity index (χ1v) is 13.1. The Balaban J connectivity index is 1.43. The summed E-state index contributed by atoms with van der Waals surface area (Å²) >= 11 is 0. The highest BCUT2D eigenvalue weighted by molar-refractivity contribution is 6.52. The van der Waals surface area contributed by atoms with Crippen LogP contribution in [0.2, 0.25) is 0 Å². The zero-order valence-electron chi connectivity index (χ0n) is 23.5. The third-order valence-electron chi connectivity index (χ3n) is 6.69. The van der Waals surface area contributed by atoms with E-state index in [0.29, 0.717) is 11.1 Å². The average Bonchev–Trinajstić information content (AvgIpc) is 3.42. The fourth-order valence-corrected chi connectivity index (χ4v) is 4.59. The van der Waals surface area contributed by atoms with Crippen molar-refractivity contribution in [3.8, 4) is 0 Å². The molecule has 1 unspecified atom stereocenters. The predicted octanol–water partition coefficient (Wildman–Crippen LogP) is 0.515. The molecule has 222 valence electrons. The number of rotatable bonds is 8. The van der Waals surface area contributed by atoms with Gasteiger partial charge in [-0.25, -0.2) is 14.2 Å². The van der Waals surface area contributed by atoms with Gasteiger partial charge in [-0.1, -0.05) is 12.1 Å². The summed E-state index contributed by atoms with van der Waals surface area (Å²) in [4.78, 5) is 56.1. The lowest BCUT2D eigenvalue weighted by atomic mass is 9.89. The number of aliphatic hydroxyl groups is 1. The molecule has 0 fully saturated rings. The summed E-state index contributed by atoms with van der Waals surface area (Å²) in [7, 11) is 1.30. The minimum absolute atomic E-state index is 0.0677. The molecule has 14 nitrogen and oxygen atoms in total. The van der Waals surface area contributed by atoms with Gasteiger partial charge in [-0.05, 0) is 38.0 Å². The quantitative estimate of drug-likeness (QED) is 0.250. The van der Waals surface area contributed by atoms with E-state index in [1.165, 1.54) is 25.4 Å². The fraction of sp³-hybridized carbons (Fsp3) is 0.286. The van der Waals surface area contributed by atoms with E-state index < -0.39 is 52.4 Å². The number of amides is 4. The summed E-state index contributed by atoms with van der Waals surface area (Å²) in [5.74, 6) is -4.45. The Bertz CT molecular complexity index is 1710. The van der Waals surface area contributed by atoms with E-state index in [2.05, 4.69) is 31.1 Å². The van der Waals surface area contributed by atoms with Crippen molar-refractivity contribution in [2.45, 2.75) is 38.8 Å². The molecule has 0 saturated heterocycles. The molecular weight excluding hydrogens is 565 g/mol. The smallest absolute Gasteiger partial charge is 0.434 e. The van der Waals surface area contributed by atoms with Crippen LogP contribution in [0.15, 0.2) is 68.7 Å². The van der Waals surface area contributed by atoms with Crippen LogP contribution in [0.25, 0.3) is 0 Å². The summed E-state index contributed by atoms with van der Waals surface area (Å²) < 4.78 is 25.8. The number of ether oxygens (including phenoxy) is 1. The molecule has 0 saturated carbocycles. The lowest BCUT2D eigenvalue weighted by Crippen LogP contribution is -2.54. The molecule has 3 aliphatic rings. The molecule has 5 rings (SSSR count). The van der Waals surface area contributed by atoms with E-state index in [0.717, 1.165) is 10.8 Å². The largest absolute Gasteiger partial charge is 0.504 e. The van der Waals surface area contributed by atoms with Crippen LogP contribution in [0.3, 0.4) is 0 Å². The monoisotopic (exact) mass is 592 g/mol. The van der Waals surface area contributed by atoms with Crippen molar-refractivity contribution in [2.24, 2.45) is 4.99 Å². The molecule has 2 aromatic rings. The lowest BCUT2D eigenvalue weighted by Gasteiger charge is -2.30. The number of nitrogens with one attached hydrogen (secondary N) is 3. The molecule has 4 amide bonds. The van der Waals surface area contributed by atoms with Crippen molar-refractivity contribution in [3.63, 3.8) is 0 Å². The Kier molecular flexibility index (Phi) is 7.48. The predicted molar refractivity (Wildman–Crippen MR) is 146 cm³/mol. The van der Waals surface area contributed by atoms with Gasteiger partial charge in [0.1, 0.15) is 5.82 Å². The highest BCUT2D eigenvalue weighted by Gasteiger charge is 2.52. The molecule has 43 heavy (non-hydrogen) atoms. The Hall–Kier alpha value is -5.47. The van der Waals surface area contributed by atoms with Crippen LogP contribution in [0, 0.1) is 12.7 Å². The van der Waals surface area contributed by atoms with Crippen LogP contribution in [-0.2, 0) is 25.5 Å². The first-order valence-electron chi connectivity index (χ1n) is 13.1. The molecule has 4 N–H and O–H groups in total. The number of likely N-dealkylation sites (N-methyl/N-ethyl adjacent to an activating group) is 1. The molecule has 1 aromatic heterocycles. The second-order valence-electron chi connectivity index (χ2n) is 10.5. The summed E-state index contributed by atoms with van der Waals surface area (Å²) in [6, 6.07) is 5.73. The molecule has 3 aliphatic heterocycles. The summed E-state index contributed by atoms with van der Waals surface area (Å²) in [5.41, 5.74) is -0.292. The number of aliphatic imine (C=N–C) groups is 1. The van der Waals surface area contributed by atoms with Gasteiger partial charge in [0.2, 0.25) is 18.2 Å². The number of hydrogen-bond acceptors (Lipinski definition) is 10. The van der Waals surface area contributed by atoms with Gasteiger partial charge in [-0.2, -0.15) is 0 Å². The normalized spacial score (nSPS) is 17.7. The molecule has 15 heteroatoms. The van der Waals surface area contributed by atoms with E-state index in [4.69, 9.17) is 9.15 Å². The number of aryl methyl sites for hydroxylation is 1. The van der Waals surface area contributed by atoms with Gasteiger partial charge in [-0.3, -0.25) is 14.4 Å². The zero-order chi connectivity index (χ0) is 31.1. The van der Waals surface area contributed by atoms with E-state index >= 15 is 0 Å². The number of aliphatic hydroxyl groups excluding tert-OH is 1. The van der Waals surface area contributed by atoms with Gasteiger partial charge in [0.15, 0.2) is 17.0 Å². The topological polar surface area (TPSA) is 188 Å². The summed E-state index contributed by atoms with van der Waals surface area (Å²) in [6.45, 7) is 4.78. The summed E-state index contributed by atoms with van der Waals surface area (Å²) in [5, 5.41) is 25.8. The number of carbonyl (C=O) groups excluding carboxylic acids is 4. The molecule has 4 heterocycles. The molecular formula is C28H27FN7O7+. The van der Waals surface area contributed by atoms with Crippen LogP contribution < -0.4 is 16.0 Å². The van der Waals surface area contributed by atoms with Crippen molar-refractivity contribution in [1.82, 2.24) is 26.1 Å². The maximum atomic E-state index is 13.5. The van der Waals surface area contributed by atoms with Crippen molar-refractivity contribution < 1.29 is 42.4 Å². The molecule has 0 spiro atoms. The van der Waals surface area contributed by atoms with Gasteiger partial charge in [0, 0.05) is 32.3 Å². The van der Waals surface area contributed by atoms with E-state index in [-0.39, 0.29) is 41.9 Å². The number of nitrogens with zero attached hydrogens (tertiary/aromatic N) is 4. The van der Waals surface area contributed by atoms with Crippen molar-refractivity contribution in [2.75, 3.05) is 13.6 Å². The van der Waals surface area contributed by atoms with E-state index in [1.54, 1.807) is 32.9 Å². The number of halogens is 1. The molecule has 1 atom stereocenters. The van der Waals surface area contributed by atoms with Crippen LogP contribution in [0.5, 0.6) is 0 Å². The Morgan fingerprint density at radius 1 is 1.12 bits per heavy atom. The van der Waals surface area contributed by atoms with Gasteiger partial charge >= 0.3 is 17.7 Å². The number of carbonyl (C=O) groups is 4. The van der Waals surface area contributed by atoms with Crippen LogP contribution >= 0.6 is 0 Å². The third-order valence-corrected chi connectivity index (χ3v) is 6.69. The lowest BCUT2D eigenvalue weighted by molar-refractivity contribution is -0.385. The molecule has 0 aliphatic carbocycles. The van der Waals surface area contributed by atoms with E-state index in [9.17, 15) is 28.7 Å². The van der Waals surface area contributed by atoms with Crippen LogP contribution in [0.4, 0.5) is 4.39 Å². The maximum absolute atomic E-state index is 13.5. The second kappa shape index (κ2) is 11.1. The highest BCUT2D eigenvalue weighted by atomic mass is 19.1. The van der Waals surface area contributed by atoms with Crippen LogP contribution in [-0.4, -0.2) is 80.2 Å². The van der Waals surface area contributed by atoms with Crippen LogP contribution in [0.1, 0.15) is 36.0 Å². The fourth-order valence-electron chi connectivity index (χ4n) is 4.59. The zero-order valence-corrected chi connectivity index (χ0v) is 23.5. The number of hydrogen-bond donors (Lipinski definition) is 4. The first kappa shape index (κ1) is 29.0. The standard InChI is InChI=1S/C28H26FN7O7/c1-13-34-35-26(42-13)25(40)33-28(2,3)12-32-23(38)17-11-36-20-19(21(37)18(27(36)41)24(39)30-4)31-10-15(22(20)43-17)9-14-5-7-16(29)8-6-14/h5-8,10-11,22H,9,12H2,1-4H3,(H3-,30,32,33,37,38,39,40,41)/p+1. The third kappa shape index (κ3) is 5.68.